The minimum atomic E-state index is -0.801. The quantitative estimate of drug-likeness (QED) is 0.471. The summed E-state index contributed by atoms with van der Waals surface area (Å²) in [4.78, 5) is 35.4. The van der Waals surface area contributed by atoms with Crippen LogP contribution < -0.4 is 10.6 Å². The summed E-state index contributed by atoms with van der Waals surface area (Å²) in [5.41, 5.74) is 1.74. The van der Waals surface area contributed by atoms with E-state index in [0.29, 0.717) is 17.7 Å². The zero-order valence-corrected chi connectivity index (χ0v) is 15.5. The summed E-state index contributed by atoms with van der Waals surface area (Å²) in [5, 5.41) is 19.7. The van der Waals surface area contributed by atoms with Gasteiger partial charge in [0.05, 0.1) is 10.5 Å². The molecule has 0 saturated heterocycles. The predicted molar refractivity (Wildman–Crippen MR) is 107 cm³/mol. The number of rotatable bonds is 7. The van der Waals surface area contributed by atoms with Gasteiger partial charge in [-0.3, -0.25) is 19.7 Å². The van der Waals surface area contributed by atoms with Gasteiger partial charge in [-0.05, 0) is 29.1 Å². The van der Waals surface area contributed by atoms with Crippen molar-refractivity contribution >= 4 is 34.5 Å². The second-order valence-electron chi connectivity index (χ2n) is 6.02. The third-order valence-electron chi connectivity index (χ3n) is 4.03. The van der Waals surface area contributed by atoms with E-state index in [1.54, 1.807) is 16.8 Å². The van der Waals surface area contributed by atoms with Crippen LogP contribution in [-0.2, 0) is 11.2 Å². The summed E-state index contributed by atoms with van der Waals surface area (Å²) >= 11 is 1.40. The number of benzene rings is 2. The molecule has 0 fully saturated rings. The number of thiophene rings is 1. The van der Waals surface area contributed by atoms with Crippen LogP contribution in [0.2, 0.25) is 0 Å². The fraction of sp³-hybridized carbons (Fsp3) is 0.100. The van der Waals surface area contributed by atoms with Gasteiger partial charge in [0.2, 0.25) is 5.91 Å². The molecular weight excluding hydrogens is 378 g/mol. The number of carbonyl (C=O) groups excluding carboxylic acids is 2. The Balaban J connectivity index is 1.75. The topological polar surface area (TPSA) is 101 Å². The lowest BCUT2D eigenvalue weighted by atomic mass is 10.0. The first-order valence-corrected chi connectivity index (χ1v) is 9.39. The molecule has 2 amide bonds. The average molecular weight is 395 g/mol. The highest BCUT2D eigenvalue weighted by Crippen LogP contribution is 2.16. The summed E-state index contributed by atoms with van der Waals surface area (Å²) in [5.74, 6) is -0.734. The molecular formula is C20H17N3O4S. The van der Waals surface area contributed by atoms with Crippen molar-refractivity contribution in [1.82, 2.24) is 5.32 Å². The van der Waals surface area contributed by atoms with E-state index in [2.05, 4.69) is 10.6 Å². The average Bonchev–Trinajstić information content (AvgIpc) is 3.23. The van der Waals surface area contributed by atoms with Gasteiger partial charge in [0.25, 0.3) is 11.6 Å². The molecule has 142 valence electrons. The molecule has 3 rings (SSSR count). The van der Waals surface area contributed by atoms with Crippen LogP contribution in [-0.4, -0.2) is 22.8 Å². The zero-order valence-electron chi connectivity index (χ0n) is 14.7. The SMILES string of the molecule is O=C(NC(Cc1ccccc1)C(=O)Nc1ccc([N+](=O)[O-])cc1)c1ccsc1. The van der Waals surface area contributed by atoms with Crippen molar-refractivity contribution in [2.24, 2.45) is 0 Å². The largest absolute Gasteiger partial charge is 0.340 e. The number of nitrogens with one attached hydrogen (secondary N) is 2. The van der Waals surface area contributed by atoms with Crippen LogP contribution in [0.3, 0.4) is 0 Å². The molecule has 0 spiro atoms. The molecule has 0 aliphatic rings. The lowest BCUT2D eigenvalue weighted by Crippen LogP contribution is -2.45. The number of nitrogens with zero attached hydrogens (tertiary/aromatic N) is 1. The monoisotopic (exact) mass is 395 g/mol. The number of nitro benzene ring substituents is 1. The highest BCUT2D eigenvalue weighted by Gasteiger charge is 2.22. The third kappa shape index (κ3) is 5.01. The molecule has 8 heteroatoms. The van der Waals surface area contributed by atoms with Gasteiger partial charge in [0.15, 0.2) is 0 Å². The Kier molecular flexibility index (Phi) is 6.13. The predicted octanol–water partition coefficient (Wildman–Crippen LogP) is 3.64. The number of hydrogen-bond donors (Lipinski definition) is 2. The maximum atomic E-state index is 12.8. The zero-order chi connectivity index (χ0) is 19.9. The Labute approximate surface area is 165 Å². The second kappa shape index (κ2) is 8.92. The summed E-state index contributed by atoms with van der Waals surface area (Å²) in [6.45, 7) is 0. The van der Waals surface area contributed by atoms with Gasteiger partial charge < -0.3 is 10.6 Å². The van der Waals surface area contributed by atoms with Gasteiger partial charge in [-0.15, -0.1) is 0 Å². The van der Waals surface area contributed by atoms with E-state index >= 15 is 0 Å². The van der Waals surface area contributed by atoms with Gasteiger partial charge in [0, 0.05) is 29.6 Å². The maximum absolute atomic E-state index is 12.8. The van der Waals surface area contributed by atoms with Crippen LogP contribution in [0.25, 0.3) is 0 Å². The maximum Gasteiger partial charge on any atom is 0.269 e. The molecule has 3 aromatic rings. The van der Waals surface area contributed by atoms with Crippen molar-refractivity contribution in [3.8, 4) is 0 Å². The van der Waals surface area contributed by atoms with Gasteiger partial charge in [-0.2, -0.15) is 11.3 Å². The molecule has 1 unspecified atom stereocenters. The first-order valence-electron chi connectivity index (χ1n) is 8.45. The molecule has 0 aliphatic heterocycles. The van der Waals surface area contributed by atoms with E-state index in [1.807, 2.05) is 30.3 Å². The Morgan fingerprint density at radius 3 is 2.36 bits per heavy atom. The highest BCUT2D eigenvalue weighted by molar-refractivity contribution is 7.08. The van der Waals surface area contributed by atoms with Crippen molar-refractivity contribution < 1.29 is 14.5 Å². The van der Waals surface area contributed by atoms with Gasteiger partial charge in [-0.25, -0.2) is 0 Å². The number of non-ortho nitro benzene ring substituents is 1. The molecule has 0 bridgehead atoms. The molecule has 1 heterocycles. The standard InChI is InChI=1S/C20H17N3O4S/c24-19(15-10-11-28-13-15)22-18(12-14-4-2-1-3-5-14)20(25)21-16-6-8-17(9-7-16)23(26)27/h1-11,13,18H,12H2,(H,21,25)(H,22,24). The molecule has 28 heavy (non-hydrogen) atoms. The van der Waals surface area contributed by atoms with E-state index < -0.39 is 16.9 Å². The highest BCUT2D eigenvalue weighted by atomic mass is 32.1. The van der Waals surface area contributed by atoms with Crippen LogP contribution in [0, 0.1) is 10.1 Å². The second-order valence-corrected chi connectivity index (χ2v) is 6.80. The van der Waals surface area contributed by atoms with Crippen molar-refractivity contribution in [2.75, 3.05) is 5.32 Å². The molecule has 7 nitrogen and oxygen atoms in total. The normalized spacial score (nSPS) is 11.4. The van der Waals surface area contributed by atoms with E-state index in [4.69, 9.17) is 0 Å². The third-order valence-corrected chi connectivity index (χ3v) is 4.72. The summed E-state index contributed by atoms with van der Waals surface area (Å²) in [7, 11) is 0. The number of carbonyl (C=O) groups is 2. The van der Waals surface area contributed by atoms with Crippen molar-refractivity contribution in [3.63, 3.8) is 0 Å². The number of nitro groups is 1. The fourth-order valence-corrected chi connectivity index (χ4v) is 3.23. The molecule has 0 radical (unpaired) electrons. The number of amides is 2. The molecule has 1 aromatic heterocycles. The Hall–Kier alpha value is -3.52. The molecule has 2 N–H and O–H groups in total. The summed E-state index contributed by atoms with van der Waals surface area (Å²) in [6.07, 6.45) is 0.315. The van der Waals surface area contributed by atoms with E-state index in [9.17, 15) is 19.7 Å². The molecule has 1 atom stereocenters. The van der Waals surface area contributed by atoms with Crippen molar-refractivity contribution in [2.45, 2.75) is 12.5 Å². The minimum absolute atomic E-state index is 0.0652. The van der Waals surface area contributed by atoms with Gasteiger partial charge >= 0.3 is 0 Å². The van der Waals surface area contributed by atoms with E-state index in [1.165, 1.54) is 35.6 Å². The first-order chi connectivity index (χ1) is 13.5. The smallest absolute Gasteiger partial charge is 0.269 e. The molecule has 0 aliphatic carbocycles. The van der Waals surface area contributed by atoms with Crippen LogP contribution in [0.4, 0.5) is 11.4 Å². The summed E-state index contributed by atoms with van der Waals surface area (Å²) in [6, 6.07) is 15.8. The Morgan fingerprint density at radius 2 is 1.75 bits per heavy atom. The van der Waals surface area contributed by atoms with Gasteiger partial charge in [0.1, 0.15) is 6.04 Å². The number of hydrogen-bond acceptors (Lipinski definition) is 5. The lowest BCUT2D eigenvalue weighted by molar-refractivity contribution is -0.384. The number of anilines is 1. The van der Waals surface area contributed by atoms with E-state index in [0.717, 1.165) is 5.56 Å². The summed E-state index contributed by atoms with van der Waals surface area (Å²) < 4.78 is 0. The van der Waals surface area contributed by atoms with Crippen LogP contribution in [0.1, 0.15) is 15.9 Å². The fourth-order valence-electron chi connectivity index (χ4n) is 2.59. The lowest BCUT2D eigenvalue weighted by Gasteiger charge is -2.18. The van der Waals surface area contributed by atoms with Crippen LogP contribution >= 0.6 is 11.3 Å². The van der Waals surface area contributed by atoms with Crippen molar-refractivity contribution in [3.05, 3.63) is 92.7 Å². The Bertz CT molecular complexity index is 957. The van der Waals surface area contributed by atoms with Crippen molar-refractivity contribution in [1.29, 1.82) is 0 Å². The van der Waals surface area contributed by atoms with Crippen LogP contribution in [0.5, 0.6) is 0 Å². The van der Waals surface area contributed by atoms with Crippen LogP contribution in [0.15, 0.2) is 71.4 Å². The molecule has 2 aromatic carbocycles. The Morgan fingerprint density at radius 1 is 1.04 bits per heavy atom. The van der Waals surface area contributed by atoms with Gasteiger partial charge in [-0.1, -0.05) is 30.3 Å². The first kappa shape index (κ1) is 19.2. The molecule has 0 saturated carbocycles. The van der Waals surface area contributed by atoms with E-state index in [-0.39, 0.29) is 11.6 Å². The minimum Gasteiger partial charge on any atom is -0.340 e.